The highest BCUT2D eigenvalue weighted by molar-refractivity contribution is 5.91. The molecule has 1 aliphatic carbocycles. The molecule has 3 heterocycles. The fourth-order valence-electron chi connectivity index (χ4n) is 3.16. The molecule has 0 bridgehead atoms. The Bertz CT molecular complexity index is 1130. The molecule has 1 fully saturated rings. The molecule has 142 valence electrons. The van der Waals surface area contributed by atoms with Gasteiger partial charge in [0.25, 0.3) is 5.92 Å². The minimum absolute atomic E-state index is 0.0297. The lowest BCUT2D eigenvalue weighted by molar-refractivity contribution is -0.114. The lowest BCUT2D eigenvalue weighted by Gasteiger charge is -2.11. The third-order valence-electron chi connectivity index (χ3n) is 4.61. The Labute approximate surface area is 159 Å². The highest BCUT2D eigenvalue weighted by Gasteiger charge is 2.42. The highest BCUT2D eigenvalue weighted by atomic mass is 19.3. The number of nitriles is 1. The maximum Gasteiger partial charge on any atom is 0.287 e. The lowest BCUT2D eigenvalue weighted by Crippen LogP contribution is -2.12. The van der Waals surface area contributed by atoms with Crippen molar-refractivity contribution in [3.63, 3.8) is 0 Å². The van der Waals surface area contributed by atoms with Gasteiger partial charge in [0.15, 0.2) is 5.82 Å². The SMILES string of the molecule is CC(=O)Nc1cc2c(cn1)c(C1CC1C#N)nn2-c1cccc(C(C)(F)F)n1. The molecule has 3 aromatic heterocycles. The molecule has 2 unspecified atom stereocenters. The van der Waals surface area contributed by atoms with E-state index in [0.717, 1.165) is 6.92 Å². The van der Waals surface area contributed by atoms with E-state index < -0.39 is 5.92 Å². The van der Waals surface area contributed by atoms with Gasteiger partial charge in [-0.2, -0.15) is 19.1 Å². The van der Waals surface area contributed by atoms with Gasteiger partial charge in [-0.15, -0.1) is 0 Å². The van der Waals surface area contributed by atoms with E-state index in [0.29, 0.717) is 28.8 Å². The summed E-state index contributed by atoms with van der Waals surface area (Å²) in [7, 11) is 0. The molecule has 3 aromatic rings. The summed E-state index contributed by atoms with van der Waals surface area (Å²) in [6.07, 6.45) is 2.26. The van der Waals surface area contributed by atoms with E-state index >= 15 is 0 Å². The van der Waals surface area contributed by atoms with Gasteiger partial charge >= 0.3 is 0 Å². The zero-order valence-corrected chi connectivity index (χ0v) is 15.1. The molecule has 0 spiro atoms. The van der Waals surface area contributed by atoms with Crippen molar-refractivity contribution in [1.29, 1.82) is 5.26 Å². The summed E-state index contributed by atoms with van der Waals surface area (Å²) in [5.74, 6) is -2.98. The zero-order valence-electron chi connectivity index (χ0n) is 15.1. The Hall–Kier alpha value is -3.41. The number of fused-ring (bicyclic) bond motifs is 1. The first-order valence-corrected chi connectivity index (χ1v) is 8.69. The third kappa shape index (κ3) is 3.17. The van der Waals surface area contributed by atoms with Crippen LogP contribution in [0.3, 0.4) is 0 Å². The van der Waals surface area contributed by atoms with Crippen LogP contribution in [0.5, 0.6) is 0 Å². The second-order valence-electron chi connectivity index (χ2n) is 6.91. The summed E-state index contributed by atoms with van der Waals surface area (Å²) in [5, 5.41) is 17.0. The summed E-state index contributed by atoms with van der Waals surface area (Å²) >= 11 is 0. The van der Waals surface area contributed by atoms with E-state index in [1.165, 1.54) is 23.7 Å². The van der Waals surface area contributed by atoms with Gasteiger partial charge in [0, 0.05) is 37.4 Å². The van der Waals surface area contributed by atoms with Gasteiger partial charge < -0.3 is 5.32 Å². The number of aromatic nitrogens is 4. The number of hydrogen-bond donors (Lipinski definition) is 1. The van der Waals surface area contributed by atoms with Crippen molar-refractivity contribution >= 4 is 22.6 Å². The normalized spacial score (nSPS) is 18.7. The summed E-state index contributed by atoms with van der Waals surface area (Å²) < 4.78 is 28.9. The Morgan fingerprint density at radius 1 is 1.43 bits per heavy atom. The number of anilines is 1. The minimum Gasteiger partial charge on any atom is -0.311 e. The van der Waals surface area contributed by atoms with Crippen molar-refractivity contribution in [3.8, 4) is 11.9 Å². The van der Waals surface area contributed by atoms with Crippen LogP contribution in [0.1, 0.15) is 37.6 Å². The first-order chi connectivity index (χ1) is 13.3. The molecule has 0 aliphatic heterocycles. The molecule has 1 amide bonds. The van der Waals surface area contributed by atoms with Crippen LogP contribution in [0.15, 0.2) is 30.5 Å². The molecule has 2 atom stereocenters. The molecule has 4 rings (SSSR count). The van der Waals surface area contributed by atoms with Crippen molar-refractivity contribution in [2.75, 3.05) is 5.32 Å². The highest BCUT2D eigenvalue weighted by Crippen LogP contribution is 2.48. The smallest absolute Gasteiger partial charge is 0.287 e. The lowest BCUT2D eigenvalue weighted by atomic mass is 10.1. The number of pyridine rings is 2. The summed E-state index contributed by atoms with van der Waals surface area (Å²) in [4.78, 5) is 19.6. The van der Waals surface area contributed by atoms with Crippen LogP contribution in [-0.2, 0) is 10.7 Å². The maximum atomic E-state index is 13.7. The van der Waals surface area contributed by atoms with Gasteiger partial charge in [-0.1, -0.05) is 6.07 Å². The van der Waals surface area contributed by atoms with Crippen molar-refractivity contribution in [1.82, 2.24) is 19.7 Å². The van der Waals surface area contributed by atoms with E-state index in [-0.39, 0.29) is 29.3 Å². The molecular formula is C19H16F2N6O. The maximum absolute atomic E-state index is 13.7. The molecule has 1 N–H and O–H groups in total. The first-order valence-electron chi connectivity index (χ1n) is 8.69. The van der Waals surface area contributed by atoms with Crippen LogP contribution in [0.4, 0.5) is 14.6 Å². The number of halogens is 2. The van der Waals surface area contributed by atoms with Gasteiger partial charge in [-0.25, -0.2) is 14.6 Å². The molecule has 7 nitrogen and oxygen atoms in total. The topological polar surface area (TPSA) is 96.5 Å². The van der Waals surface area contributed by atoms with E-state index in [1.54, 1.807) is 18.3 Å². The number of hydrogen-bond acceptors (Lipinski definition) is 5. The molecule has 9 heteroatoms. The molecule has 1 aliphatic rings. The second kappa shape index (κ2) is 6.34. The predicted octanol–water partition coefficient (Wildman–Crippen LogP) is 3.51. The number of rotatable bonds is 4. The van der Waals surface area contributed by atoms with E-state index in [4.69, 9.17) is 5.26 Å². The molecule has 0 radical (unpaired) electrons. The van der Waals surface area contributed by atoms with Crippen molar-refractivity contribution in [2.45, 2.75) is 32.1 Å². The van der Waals surface area contributed by atoms with Crippen molar-refractivity contribution in [3.05, 3.63) is 41.9 Å². The van der Waals surface area contributed by atoms with Crippen LogP contribution in [0.25, 0.3) is 16.7 Å². The number of amides is 1. The Morgan fingerprint density at radius 3 is 2.86 bits per heavy atom. The first kappa shape index (κ1) is 18.0. The fraction of sp³-hybridized carbons (Fsp3) is 0.316. The zero-order chi connectivity index (χ0) is 20.1. The summed E-state index contributed by atoms with van der Waals surface area (Å²) in [5.41, 5.74) is 0.882. The summed E-state index contributed by atoms with van der Waals surface area (Å²) in [6.45, 7) is 2.15. The molecule has 1 saturated carbocycles. The third-order valence-corrected chi connectivity index (χ3v) is 4.61. The molecule has 28 heavy (non-hydrogen) atoms. The Kier molecular flexibility index (Phi) is 4.07. The van der Waals surface area contributed by atoms with Crippen LogP contribution in [0, 0.1) is 17.2 Å². The van der Waals surface area contributed by atoms with E-state index in [2.05, 4.69) is 26.5 Å². The average molecular weight is 382 g/mol. The predicted molar refractivity (Wildman–Crippen MR) is 97.0 cm³/mol. The average Bonchev–Trinajstić information content (AvgIpc) is 3.33. The van der Waals surface area contributed by atoms with Gasteiger partial charge in [0.1, 0.15) is 11.5 Å². The van der Waals surface area contributed by atoms with Crippen LogP contribution < -0.4 is 5.32 Å². The quantitative estimate of drug-likeness (QED) is 0.745. The van der Waals surface area contributed by atoms with Gasteiger partial charge in [-0.05, 0) is 18.6 Å². The fourth-order valence-corrected chi connectivity index (χ4v) is 3.16. The van der Waals surface area contributed by atoms with Gasteiger partial charge in [0.05, 0.1) is 23.2 Å². The number of nitrogens with zero attached hydrogens (tertiary/aromatic N) is 5. The number of carbonyl (C=O) groups excluding carboxylic acids is 1. The number of alkyl halides is 2. The molecule has 0 saturated heterocycles. The Balaban J connectivity index is 1.89. The van der Waals surface area contributed by atoms with E-state index in [9.17, 15) is 13.6 Å². The largest absolute Gasteiger partial charge is 0.311 e. The van der Waals surface area contributed by atoms with Crippen LogP contribution >= 0.6 is 0 Å². The van der Waals surface area contributed by atoms with Gasteiger partial charge in [-0.3, -0.25) is 4.79 Å². The van der Waals surface area contributed by atoms with Crippen LogP contribution in [0.2, 0.25) is 0 Å². The van der Waals surface area contributed by atoms with Gasteiger partial charge in [0.2, 0.25) is 5.91 Å². The monoisotopic (exact) mass is 382 g/mol. The standard InChI is InChI=1S/C19H16F2N6O/c1-10(28)24-16-7-14-13(9-23-16)18(12-6-11(12)8-22)26-27(14)17-5-3-4-15(25-17)19(2,20)21/h3-5,7,9,11-12H,6H2,1-2H3,(H,23,24,28). The van der Waals surface area contributed by atoms with Crippen LogP contribution in [-0.4, -0.2) is 25.7 Å². The number of carbonyl (C=O) groups is 1. The van der Waals surface area contributed by atoms with Crippen molar-refractivity contribution in [2.24, 2.45) is 5.92 Å². The summed E-state index contributed by atoms with van der Waals surface area (Å²) in [6, 6.07) is 8.18. The van der Waals surface area contributed by atoms with E-state index in [1.807, 2.05) is 0 Å². The molecule has 0 aromatic carbocycles. The number of nitrogens with one attached hydrogen (secondary N) is 1. The second-order valence-corrected chi connectivity index (χ2v) is 6.91. The van der Waals surface area contributed by atoms with Crippen molar-refractivity contribution < 1.29 is 13.6 Å². The molecular weight excluding hydrogens is 366 g/mol. The minimum atomic E-state index is -3.09. The Morgan fingerprint density at radius 2 is 2.21 bits per heavy atom.